The van der Waals surface area contributed by atoms with Crippen molar-refractivity contribution in [3.8, 4) is 0 Å². The molecule has 0 saturated heterocycles. The van der Waals surface area contributed by atoms with Crippen LogP contribution in [-0.2, 0) is 0 Å². The van der Waals surface area contributed by atoms with Crippen molar-refractivity contribution in [3.05, 3.63) is 22.2 Å². The van der Waals surface area contributed by atoms with Crippen LogP contribution >= 0.6 is 0 Å². The Bertz CT molecular complexity index is 476. The fraction of sp³-hybridized carbons (Fsp3) is 0.615. The van der Waals surface area contributed by atoms with E-state index in [9.17, 15) is 10.1 Å². The van der Waals surface area contributed by atoms with Crippen LogP contribution in [0.3, 0.4) is 0 Å². The van der Waals surface area contributed by atoms with E-state index >= 15 is 0 Å². The molecule has 0 bridgehead atoms. The van der Waals surface area contributed by atoms with Crippen molar-refractivity contribution in [2.45, 2.75) is 25.8 Å². The topological polar surface area (TPSA) is 83.3 Å². The lowest BCUT2D eigenvalue weighted by atomic mass is 10.3. The van der Waals surface area contributed by atoms with Gasteiger partial charge in [0.15, 0.2) is 0 Å². The molecule has 1 aromatic rings. The summed E-state index contributed by atoms with van der Waals surface area (Å²) in [6.45, 7) is 4.20. The number of hydrogen-bond acceptors (Lipinski definition) is 6. The number of pyridine rings is 1. The molecule has 7 heteroatoms. The molecule has 2 N–H and O–H groups in total. The van der Waals surface area contributed by atoms with Gasteiger partial charge in [-0.3, -0.25) is 10.1 Å². The molecule has 1 saturated carbocycles. The number of hydrogen-bond donors (Lipinski definition) is 2. The molecule has 20 heavy (non-hydrogen) atoms. The Labute approximate surface area is 118 Å². The predicted molar refractivity (Wildman–Crippen MR) is 79.2 cm³/mol. The highest BCUT2D eigenvalue weighted by molar-refractivity contribution is 5.60. The third kappa shape index (κ3) is 3.80. The summed E-state index contributed by atoms with van der Waals surface area (Å²) in [5.74, 6) is 0.980. The first-order chi connectivity index (χ1) is 9.61. The highest BCUT2D eigenvalue weighted by atomic mass is 16.6. The summed E-state index contributed by atoms with van der Waals surface area (Å²) < 4.78 is 0. The Balaban J connectivity index is 1.98. The lowest BCUT2D eigenvalue weighted by Crippen LogP contribution is -2.27. The van der Waals surface area contributed by atoms with E-state index in [4.69, 9.17) is 0 Å². The molecule has 1 aliphatic carbocycles. The van der Waals surface area contributed by atoms with Crippen LogP contribution in [-0.4, -0.2) is 47.5 Å². The van der Waals surface area contributed by atoms with Crippen molar-refractivity contribution in [3.63, 3.8) is 0 Å². The lowest BCUT2D eigenvalue weighted by Gasteiger charge is -2.16. The van der Waals surface area contributed by atoms with Crippen LogP contribution in [0.4, 0.5) is 17.3 Å². The van der Waals surface area contributed by atoms with Crippen LogP contribution in [0.1, 0.15) is 19.8 Å². The van der Waals surface area contributed by atoms with Crippen LogP contribution < -0.4 is 10.6 Å². The van der Waals surface area contributed by atoms with Crippen molar-refractivity contribution in [1.29, 1.82) is 0 Å². The highest BCUT2D eigenvalue weighted by Gasteiger charge is 2.25. The van der Waals surface area contributed by atoms with Crippen LogP contribution in [0.15, 0.2) is 12.1 Å². The largest absolute Gasteiger partial charge is 0.370 e. The molecular formula is C13H21N5O2. The Kier molecular flexibility index (Phi) is 4.73. The first-order valence-corrected chi connectivity index (χ1v) is 6.95. The van der Waals surface area contributed by atoms with Gasteiger partial charge in [0, 0.05) is 31.7 Å². The van der Waals surface area contributed by atoms with Crippen LogP contribution in [0.2, 0.25) is 0 Å². The minimum Gasteiger partial charge on any atom is -0.370 e. The average molecular weight is 279 g/mol. The van der Waals surface area contributed by atoms with Crippen molar-refractivity contribution in [2.24, 2.45) is 0 Å². The third-order valence-corrected chi connectivity index (χ3v) is 3.36. The molecule has 0 aliphatic heterocycles. The van der Waals surface area contributed by atoms with Gasteiger partial charge in [0.05, 0.1) is 4.92 Å². The smallest absolute Gasteiger partial charge is 0.311 e. The minimum atomic E-state index is -0.407. The van der Waals surface area contributed by atoms with Crippen molar-refractivity contribution in [1.82, 2.24) is 9.88 Å². The van der Waals surface area contributed by atoms with E-state index in [0.29, 0.717) is 24.2 Å². The number of likely N-dealkylation sites (N-methyl/N-ethyl adjacent to an activating group) is 1. The van der Waals surface area contributed by atoms with Crippen LogP contribution in [0.25, 0.3) is 0 Å². The van der Waals surface area contributed by atoms with Crippen molar-refractivity contribution in [2.75, 3.05) is 37.3 Å². The molecule has 0 radical (unpaired) electrons. The molecular weight excluding hydrogens is 258 g/mol. The Morgan fingerprint density at radius 1 is 1.45 bits per heavy atom. The number of anilines is 2. The SMILES string of the molecule is CCNc1ccc([N+](=O)[O-])c(NCCN(C)C2CC2)n1. The number of nitrogens with zero attached hydrogens (tertiary/aromatic N) is 3. The van der Waals surface area contributed by atoms with E-state index in [1.54, 1.807) is 6.07 Å². The Morgan fingerprint density at radius 2 is 2.20 bits per heavy atom. The van der Waals surface area contributed by atoms with Gasteiger partial charge in [0.1, 0.15) is 5.82 Å². The van der Waals surface area contributed by atoms with Gasteiger partial charge in [-0.15, -0.1) is 0 Å². The first-order valence-electron chi connectivity index (χ1n) is 6.95. The van der Waals surface area contributed by atoms with Crippen molar-refractivity contribution >= 4 is 17.3 Å². The maximum absolute atomic E-state index is 11.0. The minimum absolute atomic E-state index is 0.0146. The van der Waals surface area contributed by atoms with Gasteiger partial charge in [-0.2, -0.15) is 0 Å². The van der Waals surface area contributed by atoms with Gasteiger partial charge in [0.2, 0.25) is 5.82 Å². The zero-order chi connectivity index (χ0) is 14.5. The molecule has 110 valence electrons. The molecule has 1 fully saturated rings. The molecule has 2 rings (SSSR count). The fourth-order valence-electron chi connectivity index (χ4n) is 2.06. The van der Waals surface area contributed by atoms with Gasteiger partial charge in [-0.25, -0.2) is 4.98 Å². The Morgan fingerprint density at radius 3 is 2.80 bits per heavy atom. The molecule has 1 heterocycles. The average Bonchev–Trinajstić information content (AvgIpc) is 3.23. The predicted octanol–water partition coefficient (Wildman–Crippen LogP) is 1.93. The third-order valence-electron chi connectivity index (χ3n) is 3.36. The van der Waals surface area contributed by atoms with E-state index in [1.165, 1.54) is 18.9 Å². The number of rotatable bonds is 8. The van der Waals surface area contributed by atoms with Gasteiger partial charge in [-0.05, 0) is 32.9 Å². The molecule has 0 aromatic carbocycles. The molecule has 0 amide bonds. The second kappa shape index (κ2) is 6.51. The fourth-order valence-corrected chi connectivity index (χ4v) is 2.06. The van der Waals surface area contributed by atoms with E-state index in [-0.39, 0.29) is 5.69 Å². The maximum Gasteiger partial charge on any atom is 0.311 e. The van der Waals surface area contributed by atoms with Gasteiger partial charge < -0.3 is 15.5 Å². The van der Waals surface area contributed by atoms with E-state index < -0.39 is 4.92 Å². The normalized spacial score (nSPS) is 14.3. The summed E-state index contributed by atoms with van der Waals surface area (Å²) in [6.07, 6.45) is 2.51. The van der Waals surface area contributed by atoms with Gasteiger partial charge >= 0.3 is 5.69 Å². The quantitative estimate of drug-likeness (QED) is 0.559. The number of aromatic nitrogens is 1. The van der Waals surface area contributed by atoms with E-state index in [0.717, 1.165) is 13.1 Å². The van der Waals surface area contributed by atoms with Crippen LogP contribution in [0, 0.1) is 10.1 Å². The zero-order valence-electron chi connectivity index (χ0n) is 11.9. The summed E-state index contributed by atoms with van der Waals surface area (Å²) >= 11 is 0. The number of nitro groups is 1. The summed E-state index contributed by atoms with van der Waals surface area (Å²) in [5.41, 5.74) is 0.0146. The molecule has 1 aliphatic rings. The maximum atomic E-state index is 11.0. The van der Waals surface area contributed by atoms with Crippen molar-refractivity contribution < 1.29 is 4.92 Å². The van der Waals surface area contributed by atoms with E-state index in [2.05, 4.69) is 27.6 Å². The monoisotopic (exact) mass is 279 g/mol. The second-order valence-electron chi connectivity index (χ2n) is 4.99. The second-order valence-corrected chi connectivity index (χ2v) is 4.99. The van der Waals surface area contributed by atoms with Gasteiger partial charge in [-0.1, -0.05) is 0 Å². The highest BCUT2D eigenvalue weighted by Crippen LogP contribution is 2.26. The summed E-state index contributed by atoms with van der Waals surface area (Å²) in [6, 6.07) is 3.80. The molecule has 1 aromatic heterocycles. The molecule has 0 atom stereocenters. The van der Waals surface area contributed by atoms with Crippen LogP contribution in [0.5, 0.6) is 0 Å². The first kappa shape index (κ1) is 14.5. The summed E-state index contributed by atoms with van der Waals surface area (Å²) in [5, 5.41) is 17.1. The zero-order valence-corrected chi connectivity index (χ0v) is 11.9. The lowest BCUT2D eigenvalue weighted by molar-refractivity contribution is -0.384. The summed E-state index contributed by atoms with van der Waals surface area (Å²) in [4.78, 5) is 17.1. The van der Waals surface area contributed by atoms with Gasteiger partial charge in [0.25, 0.3) is 0 Å². The summed E-state index contributed by atoms with van der Waals surface area (Å²) in [7, 11) is 2.08. The molecule has 0 spiro atoms. The molecule has 7 nitrogen and oxygen atoms in total. The van der Waals surface area contributed by atoms with E-state index in [1.807, 2.05) is 6.92 Å². The Hall–Kier alpha value is -1.89. The molecule has 0 unspecified atom stereocenters. The standard InChI is InChI=1S/C13H21N5O2/c1-3-14-12-7-6-11(18(19)20)13(16-12)15-8-9-17(2)10-4-5-10/h6-7,10H,3-5,8-9H2,1-2H3,(H2,14,15,16). The number of nitrogens with one attached hydrogen (secondary N) is 2.